The van der Waals surface area contributed by atoms with Gasteiger partial charge in [-0.2, -0.15) is 0 Å². The summed E-state index contributed by atoms with van der Waals surface area (Å²) in [7, 11) is 0. The van der Waals surface area contributed by atoms with Gasteiger partial charge in [0.2, 0.25) is 5.95 Å². The SMILES string of the molecule is Cc1nc(N2CCC3(CC2)Cc2ccccc2[C@H]3N)nc(C(N)=O)c1-c1cccc(Cl)c1Cl. The average molecular weight is 482 g/mol. The zero-order valence-electron chi connectivity index (χ0n) is 18.3. The second-order valence-corrected chi connectivity index (χ2v) is 9.79. The Morgan fingerprint density at radius 1 is 1.09 bits per heavy atom. The maximum atomic E-state index is 12.4. The summed E-state index contributed by atoms with van der Waals surface area (Å²) in [6.45, 7) is 3.35. The second kappa shape index (κ2) is 8.28. The summed E-state index contributed by atoms with van der Waals surface area (Å²) < 4.78 is 0. The van der Waals surface area contributed by atoms with E-state index in [-0.39, 0.29) is 17.2 Å². The van der Waals surface area contributed by atoms with Crippen LogP contribution in [0.15, 0.2) is 42.5 Å². The molecule has 1 amide bonds. The van der Waals surface area contributed by atoms with Crippen LogP contribution in [-0.2, 0) is 6.42 Å². The Kier molecular flexibility index (Phi) is 5.55. The minimum atomic E-state index is -0.630. The monoisotopic (exact) mass is 481 g/mol. The fraction of sp³-hybridized carbons (Fsp3) is 0.320. The van der Waals surface area contributed by atoms with Crippen LogP contribution in [0.3, 0.4) is 0 Å². The van der Waals surface area contributed by atoms with Crippen molar-refractivity contribution in [2.75, 3.05) is 18.0 Å². The number of hydrogen-bond acceptors (Lipinski definition) is 5. The third-order valence-corrected chi connectivity index (χ3v) is 7.99. The molecule has 0 saturated carbocycles. The molecule has 170 valence electrons. The van der Waals surface area contributed by atoms with Crippen LogP contribution in [0, 0.1) is 12.3 Å². The number of amides is 1. The zero-order valence-corrected chi connectivity index (χ0v) is 19.8. The molecular weight excluding hydrogens is 457 g/mol. The summed E-state index contributed by atoms with van der Waals surface area (Å²) in [5.41, 5.74) is 17.0. The number of primary amides is 1. The molecule has 5 rings (SSSR count). The highest BCUT2D eigenvalue weighted by Crippen LogP contribution is 2.51. The van der Waals surface area contributed by atoms with Crippen molar-refractivity contribution < 1.29 is 4.79 Å². The molecule has 1 atom stereocenters. The first kappa shape index (κ1) is 22.1. The quantitative estimate of drug-likeness (QED) is 0.564. The number of nitrogens with two attached hydrogens (primary N) is 2. The highest BCUT2D eigenvalue weighted by Gasteiger charge is 2.46. The lowest BCUT2D eigenvalue weighted by molar-refractivity contribution is 0.0996. The number of aromatic nitrogens is 2. The predicted molar refractivity (Wildman–Crippen MR) is 132 cm³/mol. The molecule has 2 heterocycles. The predicted octanol–water partition coefficient (Wildman–Crippen LogP) is 4.70. The van der Waals surface area contributed by atoms with E-state index in [1.165, 1.54) is 11.1 Å². The number of anilines is 1. The molecule has 0 bridgehead atoms. The summed E-state index contributed by atoms with van der Waals surface area (Å²) in [5, 5.41) is 0.735. The minimum absolute atomic E-state index is 0.0343. The summed E-state index contributed by atoms with van der Waals surface area (Å²) in [6, 6.07) is 13.8. The molecule has 1 saturated heterocycles. The van der Waals surface area contributed by atoms with E-state index in [4.69, 9.17) is 39.7 Å². The van der Waals surface area contributed by atoms with E-state index >= 15 is 0 Å². The molecule has 4 N–H and O–H groups in total. The van der Waals surface area contributed by atoms with Gasteiger partial charge in [0.1, 0.15) is 5.69 Å². The molecule has 1 aliphatic heterocycles. The smallest absolute Gasteiger partial charge is 0.268 e. The summed E-state index contributed by atoms with van der Waals surface area (Å²) in [4.78, 5) is 23.8. The van der Waals surface area contributed by atoms with Gasteiger partial charge in [0.25, 0.3) is 5.91 Å². The Labute approximate surface area is 202 Å². The lowest BCUT2D eigenvalue weighted by Gasteiger charge is -2.42. The largest absolute Gasteiger partial charge is 0.364 e. The van der Waals surface area contributed by atoms with Crippen molar-refractivity contribution in [2.24, 2.45) is 16.9 Å². The molecule has 33 heavy (non-hydrogen) atoms. The Balaban J connectivity index is 1.45. The third kappa shape index (κ3) is 3.66. The van der Waals surface area contributed by atoms with E-state index in [0.29, 0.717) is 32.8 Å². The van der Waals surface area contributed by atoms with Gasteiger partial charge in [-0.05, 0) is 48.8 Å². The van der Waals surface area contributed by atoms with Crippen molar-refractivity contribution in [2.45, 2.75) is 32.2 Å². The van der Waals surface area contributed by atoms with Crippen LogP contribution < -0.4 is 16.4 Å². The van der Waals surface area contributed by atoms with Crippen LogP contribution in [0.5, 0.6) is 0 Å². The van der Waals surface area contributed by atoms with E-state index in [0.717, 1.165) is 32.4 Å². The highest BCUT2D eigenvalue weighted by molar-refractivity contribution is 6.43. The molecular formula is C25H25Cl2N5O. The fourth-order valence-corrected chi connectivity index (χ4v) is 5.75. The van der Waals surface area contributed by atoms with Crippen LogP contribution in [0.1, 0.15) is 46.2 Å². The number of hydrogen-bond donors (Lipinski definition) is 2. The number of piperidine rings is 1. The van der Waals surface area contributed by atoms with Gasteiger partial charge < -0.3 is 16.4 Å². The van der Waals surface area contributed by atoms with E-state index in [1.807, 2.05) is 6.92 Å². The number of carbonyl (C=O) groups is 1. The van der Waals surface area contributed by atoms with Gasteiger partial charge in [0.15, 0.2) is 0 Å². The molecule has 0 unspecified atom stereocenters. The Morgan fingerprint density at radius 2 is 1.82 bits per heavy atom. The summed E-state index contributed by atoms with van der Waals surface area (Å²) in [5.74, 6) is -0.128. The first-order chi connectivity index (χ1) is 15.8. The van der Waals surface area contributed by atoms with Gasteiger partial charge in [-0.25, -0.2) is 9.97 Å². The van der Waals surface area contributed by atoms with E-state index in [9.17, 15) is 4.79 Å². The highest BCUT2D eigenvalue weighted by atomic mass is 35.5. The molecule has 6 nitrogen and oxygen atoms in total. The van der Waals surface area contributed by atoms with Gasteiger partial charge in [-0.1, -0.05) is 59.6 Å². The van der Waals surface area contributed by atoms with Crippen molar-refractivity contribution in [1.29, 1.82) is 0 Å². The number of rotatable bonds is 3. The van der Waals surface area contributed by atoms with Crippen molar-refractivity contribution in [1.82, 2.24) is 9.97 Å². The first-order valence-corrected chi connectivity index (χ1v) is 11.8. The number of aryl methyl sites for hydroxylation is 1. The fourth-order valence-electron chi connectivity index (χ4n) is 5.35. The number of halogens is 2. The first-order valence-electron chi connectivity index (χ1n) is 11.0. The summed E-state index contributed by atoms with van der Waals surface area (Å²) in [6.07, 6.45) is 2.86. The second-order valence-electron chi connectivity index (χ2n) is 9.00. The van der Waals surface area contributed by atoms with E-state index in [2.05, 4.69) is 34.1 Å². The van der Waals surface area contributed by atoms with Crippen LogP contribution in [0.2, 0.25) is 10.0 Å². The molecule has 1 spiro atoms. The minimum Gasteiger partial charge on any atom is -0.364 e. The molecule has 3 aromatic rings. The Bertz CT molecular complexity index is 1250. The third-order valence-electron chi connectivity index (χ3n) is 7.17. The van der Waals surface area contributed by atoms with Gasteiger partial charge in [0.05, 0.1) is 15.7 Å². The van der Waals surface area contributed by atoms with Crippen LogP contribution in [-0.4, -0.2) is 29.0 Å². The van der Waals surface area contributed by atoms with Gasteiger partial charge >= 0.3 is 0 Å². The summed E-state index contributed by atoms with van der Waals surface area (Å²) >= 11 is 12.6. The Hall–Kier alpha value is -2.67. The normalized spacial score (nSPS) is 19.0. The van der Waals surface area contributed by atoms with E-state index in [1.54, 1.807) is 18.2 Å². The lowest BCUT2D eigenvalue weighted by atomic mass is 9.73. The van der Waals surface area contributed by atoms with Gasteiger partial charge in [-0.15, -0.1) is 0 Å². The van der Waals surface area contributed by atoms with E-state index < -0.39 is 5.91 Å². The molecule has 8 heteroatoms. The standard InChI is InChI=1S/C25H25Cl2N5O/c1-14-19(17-7-4-8-18(26)20(17)27)21(23(29)33)31-24(30-14)32-11-9-25(10-12-32)13-15-5-2-3-6-16(15)22(25)28/h2-8,22H,9-13,28H2,1H3,(H2,29,33)/t22-/m1/s1. The van der Waals surface area contributed by atoms with Crippen molar-refractivity contribution >= 4 is 35.1 Å². The van der Waals surface area contributed by atoms with Gasteiger partial charge in [0, 0.05) is 30.3 Å². The van der Waals surface area contributed by atoms with Crippen molar-refractivity contribution in [3.63, 3.8) is 0 Å². The molecule has 1 aromatic heterocycles. The molecule has 1 fully saturated rings. The number of benzene rings is 2. The van der Waals surface area contributed by atoms with Gasteiger partial charge in [-0.3, -0.25) is 4.79 Å². The molecule has 2 aliphatic rings. The van der Waals surface area contributed by atoms with Crippen LogP contribution in [0.4, 0.5) is 5.95 Å². The lowest BCUT2D eigenvalue weighted by Crippen LogP contribution is -2.45. The van der Waals surface area contributed by atoms with Crippen molar-refractivity contribution in [3.8, 4) is 11.1 Å². The van der Waals surface area contributed by atoms with Crippen LogP contribution >= 0.6 is 23.2 Å². The topological polar surface area (TPSA) is 98.1 Å². The maximum absolute atomic E-state index is 12.4. The maximum Gasteiger partial charge on any atom is 0.268 e. The molecule has 2 aromatic carbocycles. The number of fused-ring (bicyclic) bond motifs is 1. The number of carbonyl (C=O) groups excluding carboxylic acids is 1. The zero-order chi connectivity index (χ0) is 23.3. The Morgan fingerprint density at radius 3 is 2.52 bits per heavy atom. The molecule has 0 radical (unpaired) electrons. The molecule has 1 aliphatic carbocycles. The average Bonchev–Trinajstić information content (AvgIpc) is 3.07. The van der Waals surface area contributed by atoms with Crippen molar-refractivity contribution in [3.05, 3.63) is 75.0 Å². The number of nitrogens with zero attached hydrogens (tertiary/aromatic N) is 3. The van der Waals surface area contributed by atoms with Crippen LogP contribution in [0.25, 0.3) is 11.1 Å².